The molecule has 4 fully saturated rings. The third-order valence-electron chi connectivity index (χ3n) is 5.43. The Hall–Kier alpha value is -1.26. The van der Waals surface area contributed by atoms with Crippen molar-refractivity contribution in [2.45, 2.75) is 89.9 Å². The highest BCUT2D eigenvalue weighted by atomic mass is 16.7. The van der Waals surface area contributed by atoms with Gasteiger partial charge in [0, 0.05) is 18.9 Å². The van der Waals surface area contributed by atoms with E-state index in [9.17, 15) is 9.59 Å². The lowest BCUT2D eigenvalue weighted by Crippen LogP contribution is -2.68. The predicted molar refractivity (Wildman–Crippen MR) is 85.9 cm³/mol. The second-order valence-corrected chi connectivity index (χ2v) is 9.53. The summed E-state index contributed by atoms with van der Waals surface area (Å²) >= 11 is 0. The molecule has 0 aromatic rings. The van der Waals surface area contributed by atoms with Crippen LogP contribution < -0.4 is 5.32 Å². The molecule has 4 saturated carbocycles. The number of ether oxygens (including phenoxy) is 2. The van der Waals surface area contributed by atoms with Crippen LogP contribution in [0.4, 0.5) is 4.79 Å². The maximum atomic E-state index is 12.2. The van der Waals surface area contributed by atoms with Crippen LogP contribution in [-0.4, -0.2) is 28.8 Å². The van der Waals surface area contributed by atoms with E-state index in [0.29, 0.717) is 12.3 Å². The fourth-order valence-corrected chi connectivity index (χ4v) is 5.90. The van der Waals surface area contributed by atoms with Crippen molar-refractivity contribution in [2.75, 3.05) is 0 Å². The average molecular weight is 323 g/mol. The fourth-order valence-electron chi connectivity index (χ4n) is 5.90. The quantitative estimate of drug-likeness (QED) is 0.789. The molecule has 4 atom stereocenters. The summed E-state index contributed by atoms with van der Waals surface area (Å²) in [4.78, 5) is 23.9. The second-order valence-electron chi connectivity index (χ2n) is 9.53. The number of rotatable bonds is 2. The standard InChI is InChI=1S/C18H29NO4/c1-12(20)19-17-7-13-6-16(5,9-17)10-18(8-13,11-17)23-14(21)22-15(2,3)4/h13H,6-11H2,1-5H3,(H,19,20). The Bertz CT molecular complexity index is 540. The van der Waals surface area contributed by atoms with Crippen molar-refractivity contribution in [1.29, 1.82) is 0 Å². The average Bonchev–Trinajstić information content (AvgIpc) is 2.17. The van der Waals surface area contributed by atoms with E-state index in [0.717, 1.165) is 32.1 Å². The number of hydrogen-bond donors (Lipinski definition) is 1. The Kier molecular flexibility index (Phi) is 3.51. The molecule has 0 aromatic heterocycles. The third-order valence-corrected chi connectivity index (χ3v) is 5.43. The molecule has 1 N–H and O–H groups in total. The van der Waals surface area contributed by atoms with Gasteiger partial charge in [0.15, 0.2) is 0 Å². The van der Waals surface area contributed by atoms with Gasteiger partial charge in [0.25, 0.3) is 0 Å². The summed E-state index contributed by atoms with van der Waals surface area (Å²) < 4.78 is 11.3. The normalized spacial score (nSPS) is 41.5. The number of carbonyl (C=O) groups is 2. The molecule has 0 aromatic carbocycles. The van der Waals surface area contributed by atoms with E-state index in [-0.39, 0.29) is 16.9 Å². The van der Waals surface area contributed by atoms with E-state index in [1.807, 2.05) is 20.8 Å². The molecular formula is C18H29NO4. The molecular weight excluding hydrogens is 294 g/mol. The smallest absolute Gasteiger partial charge is 0.429 e. The van der Waals surface area contributed by atoms with Crippen molar-refractivity contribution in [2.24, 2.45) is 11.3 Å². The van der Waals surface area contributed by atoms with Crippen molar-refractivity contribution >= 4 is 12.1 Å². The highest BCUT2D eigenvalue weighted by Gasteiger charge is 2.64. The van der Waals surface area contributed by atoms with Crippen LogP contribution in [0.15, 0.2) is 0 Å². The molecule has 130 valence electrons. The van der Waals surface area contributed by atoms with Crippen LogP contribution in [0.1, 0.15) is 73.1 Å². The summed E-state index contributed by atoms with van der Waals surface area (Å²) in [5.74, 6) is 0.508. The van der Waals surface area contributed by atoms with E-state index in [2.05, 4.69) is 12.2 Å². The SMILES string of the molecule is CC(=O)NC12CC3CC(C)(C1)CC(OC(=O)OC(C)(C)C)(C3)C2. The monoisotopic (exact) mass is 323 g/mol. The van der Waals surface area contributed by atoms with Crippen molar-refractivity contribution in [3.8, 4) is 0 Å². The topological polar surface area (TPSA) is 64.6 Å². The summed E-state index contributed by atoms with van der Waals surface area (Å²) in [6, 6.07) is 0. The zero-order valence-electron chi connectivity index (χ0n) is 15.0. The summed E-state index contributed by atoms with van der Waals surface area (Å²) in [6.45, 7) is 9.36. The molecule has 4 aliphatic carbocycles. The van der Waals surface area contributed by atoms with Gasteiger partial charge in [-0.15, -0.1) is 0 Å². The van der Waals surface area contributed by atoms with Crippen LogP contribution in [0.3, 0.4) is 0 Å². The van der Waals surface area contributed by atoms with Crippen LogP contribution in [0.2, 0.25) is 0 Å². The minimum absolute atomic E-state index is 0.00275. The zero-order chi connectivity index (χ0) is 17.1. The van der Waals surface area contributed by atoms with E-state index >= 15 is 0 Å². The van der Waals surface area contributed by atoms with Gasteiger partial charge < -0.3 is 14.8 Å². The lowest BCUT2D eigenvalue weighted by Gasteiger charge is -2.64. The Morgan fingerprint density at radius 1 is 1.09 bits per heavy atom. The Morgan fingerprint density at radius 3 is 2.35 bits per heavy atom. The molecule has 4 bridgehead atoms. The van der Waals surface area contributed by atoms with Crippen molar-refractivity contribution in [1.82, 2.24) is 5.32 Å². The Labute approximate surface area is 138 Å². The maximum Gasteiger partial charge on any atom is 0.509 e. The van der Waals surface area contributed by atoms with E-state index < -0.39 is 17.4 Å². The molecule has 5 nitrogen and oxygen atoms in total. The second kappa shape index (κ2) is 4.87. The molecule has 0 spiro atoms. The first-order valence-corrected chi connectivity index (χ1v) is 8.63. The van der Waals surface area contributed by atoms with Gasteiger partial charge in [0.2, 0.25) is 5.91 Å². The van der Waals surface area contributed by atoms with Crippen molar-refractivity contribution < 1.29 is 19.1 Å². The number of amides is 1. The van der Waals surface area contributed by atoms with Gasteiger partial charge >= 0.3 is 6.16 Å². The molecule has 1 amide bonds. The molecule has 0 aliphatic heterocycles. The van der Waals surface area contributed by atoms with Crippen LogP contribution in [0.5, 0.6) is 0 Å². The van der Waals surface area contributed by atoms with Gasteiger partial charge in [-0.05, 0) is 64.2 Å². The largest absolute Gasteiger partial charge is 0.509 e. The molecule has 5 heteroatoms. The number of hydrogen-bond acceptors (Lipinski definition) is 4. The zero-order valence-corrected chi connectivity index (χ0v) is 15.0. The lowest BCUT2D eigenvalue weighted by atomic mass is 9.45. The number of nitrogens with one attached hydrogen (secondary N) is 1. The maximum absolute atomic E-state index is 12.2. The van der Waals surface area contributed by atoms with E-state index in [1.54, 1.807) is 6.92 Å². The molecule has 4 rings (SSSR count). The van der Waals surface area contributed by atoms with Gasteiger partial charge in [-0.3, -0.25) is 4.79 Å². The molecule has 4 unspecified atom stereocenters. The summed E-state index contributed by atoms with van der Waals surface area (Å²) in [5, 5.41) is 3.19. The first kappa shape index (κ1) is 16.6. The highest BCUT2D eigenvalue weighted by Crippen LogP contribution is 2.64. The summed E-state index contributed by atoms with van der Waals surface area (Å²) in [6.07, 6.45) is 5.04. The van der Waals surface area contributed by atoms with Crippen molar-refractivity contribution in [3.63, 3.8) is 0 Å². The van der Waals surface area contributed by atoms with Gasteiger partial charge in [-0.2, -0.15) is 0 Å². The van der Waals surface area contributed by atoms with Gasteiger partial charge in [-0.1, -0.05) is 6.92 Å². The van der Waals surface area contributed by atoms with Crippen LogP contribution in [0, 0.1) is 11.3 Å². The first-order chi connectivity index (χ1) is 10.4. The predicted octanol–water partition coefficient (Wildman–Crippen LogP) is 3.56. The first-order valence-electron chi connectivity index (χ1n) is 8.63. The molecule has 0 saturated heterocycles. The van der Waals surface area contributed by atoms with Crippen LogP contribution >= 0.6 is 0 Å². The molecule has 23 heavy (non-hydrogen) atoms. The van der Waals surface area contributed by atoms with E-state index in [4.69, 9.17) is 9.47 Å². The Balaban J connectivity index is 1.82. The van der Waals surface area contributed by atoms with Gasteiger partial charge in [-0.25, -0.2) is 4.79 Å². The van der Waals surface area contributed by atoms with Crippen LogP contribution in [0.25, 0.3) is 0 Å². The Morgan fingerprint density at radius 2 is 1.78 bits per heavy atom. The van der Waals surface area contributed by atoms with Crippen molar-refractivity contribution in [3.05, 3.63) is 0 Å². The molecule has 0 heterocycles. The molecule has 0 radical (unpaired) electrons. The summed E-state index contributed by atoms with van der Waals surface area (Å²) in [5.41, 5.74) is -1.14. The fraction of sp³-hybridized carbons (Fsp3) is 0.889. The third kappa shape index (κ3) is 3.33. The minimum atomic E-state index is -0.582. The molecule has 4 aliphatic rings. The highest BCUT2D eigenvalue weighted by molar-refractivity contribution is 5.74. The van der Waals surface area contributed by atoms with E-state index in [1.165, 1.54) is 0 Å². The summed E-state index contributed by atoms with van der Waals surface area (Å²) in [7, 11) is 0. The van der Waals surface area contributed by atoms with Gasteiger partial charge in [0.1, 0.15) is 11.2 Å². The lowest BCUT2D eigenvalue weighted by molar-refractivity contribution is -0.189. The van der Waals surface area contributed by atoms with Crippen LogP contribution in [-0.2, 0) is 14.3 Å². The minimum Gasteiger partial charge on any atom is -0.429 e. The number of carbonyl (C=O) groups excluding carboxylic acids is 2. The van der Waals surface area contributed by atoms with Gasteiger partial charge in [0.05, 0.1) is 0 Å².